The van der Waals surface area contributed by atoms with Crippen LogP contribution in [0.1, 0.15) is 37.8 Å². The summed E-state index contributed by atoms with van der Waals surface area (Å²) in [5, 5.41) is 3.05. The monoisotopic (exact) mass is 361 g/mol. The minimum Gasteiger partial charge on any atom is -0.349 e. The smallest absolute Gasteiger partial charge is 0.243 e. The van der Waals surface area contributed by atoms with Crippen molar-refractivity contribution in [3.05, 3.63) is 66.4 Å². The highest BCUT2D eigenvalue weighted by Gasteiger charge is 2.23. The van der Waals surface area contributed by atoms with Crippen LogP contribution in [0, 0.1) is 0 Å². The van der Waals surface area contributed by atoms with Gasteiger partial charge in [0.1, 0.15) is 17.5 Å². The maximum Gasteiger partial charge on any atom is 0.243 e. The molecule has 6 heteroatoms. The molecule has 0 saturated carbocycles. The first-order valence-corrected chi connectivity index (χ1v) is 9.37. The van der Waals surface area contributed by atoms with Crippen molar-refractivity contribution in [2.45, 2.75) is 39.3 Å². The third-order valence-corrected chi connectivity index (χ3v) is 4.84. The number of nitrogens with zero attached hydrogens (tertiary/aromatic N) is 4. The standard InChI is InChI=1S/C21H23N5O/c1-3-17(26-18-10-6-5-9-16(18)24-19(26)4-2)21(27)22-13-15-14-25-12-8-7-11-20(25)23-15/h5-12,14,17H,3-4,13H2,1-2H3,(H,22,27)/t17-/m1/s1. The number of fused-ring (bicyclic) bond motifs is 2. The maximum atomic E-state index is 13.0. The molecule has 3 aromatic heterocycles. The van der Waals surface area contributed by atoms with Gasteiger partial charge in [-0.1, -0.05) is 32.0 Å². The number of amides is 1. The average Bonchev–Trinajstić information content (AvgIpc) is 3.28. The molecule has 1 atom stereocenters. The molecule has 0 aliphatic heterocycles. The Kier molecular flexibility index (Phi) is 4.62. The molecule has 0 aliphatic rings. The van der Waals surface area contributed by atoms with Gasteiger partial charge in [0.05, 0.1) is 23.3 Å². The minimum absolute atomic E-state index is 0.00703. The van der Waals surface area contributed by atoms with Crippen LogP contribution in [0.5, 0.6) is 0 Å². The maximum absolute atomic E-state index is 13.0. The van der Waals surface area contributed by atoms with Crippen LogP contribution in [0.15, 0.2) is 54.9 Å². The van der Waals surface area contributed by atoms with Gasteiger partial charge in [-0.05, 0) is 30.7 Å². The second kappa shape index (κ2) is 7.23. The number of nitrogens with one attached hydrogen (secondary N) is 1. The molecule has 0 unspecified atom stereocenters. The van der Waals surface area contributed by atoms with Gasteiger partial charge in [0.25, 0.3) is 0 Å². The van der Waals surface area contributed by atoms with Gasteiger partial charge in [0.2, 0.25) is 5.91 Å². The van der Waals surface area contributed by atoms with Gasteiger partial charge >= 0.3 is 0 Å². The van der Waals surface area contributed by atoms with E-state index in [0.717, 1.165) is 34.6 Å². The Labute approximate surface area is 157 Å². The van der Waals surface area contributed by atoms with Crippen LogP contribution in [0.2, 0.25) is 0 Å². The second-order valence-electron chi connectivity index (χ2n) is 6.58. The lowest BCUT2D eigenvalue weighted by Crippen LogP contribution is -2.32. The lowest BCUT2D eigenvalue weighted by Gasteiger charge is -2.19. The predicted molar refractivity (Wildman–Crippen MR) is 105 cm³/mol. The van der Waals surface area contributed by atoms with Crippen molar-refractivity contribution in [1.82, 2.24) is 24.3 Å². The van der Waals surface area contributed by atoms with Crippen LogP contribution in [0.3, 0.4) is 0 Å². The first-order chi connectivity index (χ1) is 13.2. The van der Waals surface area contributed by atoms with E-state index in [2.05, 4.69) is 21.8 Å². The number of para-hydroxylation sites is 2. The highest BCUT2D eigenvalue weighted by molar-refractivity contribution is 5.84. The number of aryl methyl sites for hydroxylation is 1. The molecule has 0 fully saturated rings. The highest BCUT2D eigenvalue weighted by atomic mass is 16.2. The summed E-state index contributed by atoms with van der Waals surface area (Å²) in [7, 11) is 0. The molecule has 6 nitrogen and oxygen atoms in total. The Balaban J connectivity index is 1.58. The van der Waals surface area contributed by atoms with Crippen LogP contribution >= 0.6 is 0 Å². The number of imidazole rings is 2. The zero-order valence-corrected chi connectivity index (χ0v) is 15.6. The Morgan fingerprint density at radius 2 is 1.93 bits per heavy atom. The van der Waals surface area contributed by atoms with Crippen LogP contribution in [0.25, 0.3) is 16.7 Å². The molecule has 27 heavy (non-hydrogen) atoms. The summed E-state index contributed by atoms with van der Waals surface area (Å²) in [5.41, 5.74) is 3.66. The number of carbonyl (C=O) groups is 1. The molecular formula is C21H23N5O. The summed E-state index contributed by atoms with van der Waals surface area (Å²) >= 11 is 0. The largest absolute Gasteiger partial charge is 0.349 e. The SMILES string of the molecule is CCc1nc2ccccc2n1[C@H](CC)C(=O)NCc1cn2ccccc2n1. The summed E-state index contributed by atoms with van der Waals surface area (Å²) in [5.74, 6) is 0.929. The van der Waals surface area contributed by atoms with Gasteiger partial charge in [-0.15, -0.1) is 0 Å². The first kappa shape index (κ1) is 17.3. The Morgan fingerprint density at radius 1 is 1.11 bits per heavy atom. The number of rotatable bonds is 6. The van der Waals surface area contributed by atoms with Gasteiger partial charge < -0.3 is 14.3 Å². The Bertz CT molecular complexity index is 1060. The summed E-state index contributed by atoms with van der Waals surface area (Å²) in [6.07, 6.45) is 5.38. The average molecular weight is 361 g/mol. The van der Waals surface area contributed by atoms with E-state index in [1.54, 1.807) is 0 Å². The summed E-state index contributed by atoms with van der Waals surface area (Å²) < 4.78 is 4.03. The van der Waals surface area contributed by atoms with Crippen molar-refractivity contribution in [2.75, 3.05) is 0 Å². The summed E-state index contributed by atoms with van der Waals surface area (Å²) in [6, 6.07) is 13.6. The van der Waals surface area contributed by atoms with Crippen molar-refractivity contribution in [3.63, 3.8) is 0 Å². The fourth-order valence-corrected chi connectivity index (χ4v) is 3.54. The van der Waals surface area contributed by atoms with Crippen LogP contribution in [-0.4, -0.2) is 24.8 Å². The lowest BCUT2D eigenvalue weighted by atomic mass is 10.2. The molecule has 0 spiro atoms. The molecule has 1 N–H and O–H groups in total. The Hall–Kier alpha value is -3.15. The van der Waals surface area contributed by atoms with Crippen molar-refractivity contribution in [1.29, 1.82) is 0 Å². The van der Waals surface area contributed by atoms with E-state index in [-0.39, 0.29) is 11.9 Å². The predicted octanol–water partition coefficient (Wildman–Crippen LogP) is 3.51. The molecule has 4 rings (SSSR count). The molecular weight excluding hydrogens is 338 g/mol. The molecule has 0 bridgehead atoms. The number of hydrogen-bond acceptors (Lipinski definition) is 3. The van der Waals surface area contributed by atoms with Gasteiger partial charge in [-0.2, -0.15) is 0 Å². The van der Waals surface area contributed by atoms with Crippen LogP contribution in [-0.2, 0) is 17.8 Å². The number of pyridine rings is 1. The van der Waals surface area contributed by atoms with Gasteiger partial charge in [0, 0.05) is 18.8 Å². The Morgan fingerprint density at radius 3 is 2.70 bits per heavy atom. The first-order valence-electron chi connectivity index (χ1n) is 9.37. The van der Waals surface area contributed by atoms with E-state index in [4.69, 9.17) is 4.98 Å². The van der Waals surface area contributed by atoms with E-state index in [0.29, 0.717) is 13.0 Å². The molecule has 0 saturated heterocycles. The van der Waals surface area contributed by atoms with Crippen molar-refractivity contribution in [3.8, 4) is 0 Å². The summed E-state index contributed by atoms with van der Waals surface area (Å²) in [4.78, 5) is 22.2. The molecule has 3 heterocycles. The van der Waals surface area contributed by atoms with Gasteiger partial charge in [-0.25, -0.2) is 9.97 Å². The lowest BCUT2D eigenvalue weighted by molar-refractivity contribution is -0.124. The van der Waals surface area contributed by atoms with E-state index >= 15 is 0 Å². The van der Waals surface area contributed by atoms with Crippen molar-refractivity contribution >= 4 is 22.6 Å². The molecule has 0 aliphatic carbocycles. The molecule has 1 aromatic carbocycles. The number of carbonyl (C=O) groups excluding carboxylic acids is 1. The topological polar surface area (TPSA) is 64.2 Å². The number of aromatic nitrogens is 4. The number of benzene rings is 1. The zero-order valence-electron chi connectivity index (χ0n) is 15.6. The summed E-state index contributed by atoms with van der Waals surface area (Å²) in [6.45, 7) is 4.51. The van der Waals surface area contributed by atoms with E-state index < -0.39 is 0 Å². The normalized spacial score (nSPS) is 12.5. The van der Waals surface area contributed by atoms with Crippen molar-refractivity contribution < 1.29 is 4.79 Å². The van der Waals surface area contributed by atoms with E-state index in [1.807, 2.05) is 66.2 Å². The van der Waals surface area contributed by atoms with Gasteiger partial charge in [0.15, 0.2) is 0 Å². The molecule has 0 radical (unpaired) electrons. The molecule has 4 aromatic rings. The minimum atomic E-state index is -0.288. The molecule has 138 valence electrons. The van der Waals surface area contributed by atoms with Crippen LogP contribution < -0.4 is 5.32 Å². The third kappa shape index (κ3) is 3.18. The molecule has 1 amide bonds. The number of hydrogen-bond donors (Lipinski definition) is 1. The fraction of sp³-hybridized carbons (Fsp3) is 0.286. The third-order valence-electron chi connectivity index (χ3n) is 4.84. The van der Waals surface area contributed by atoms with Crippen LogP contribution in [0.4, 0.5) is 0 Å². The quantitative estimate of drug-likeness (QED) is 0.571. The highest BCUT2D eigenvalue weighted by Crippen LogP contribution is 2.24. The zero-order chi connectivity index (χ0) is 18.8. The van der Waals surface area contributed by atoms with Gasteiger partial charge in [-0.3, -0.25) is 4.79 Å². The van der Waals surface area contributed by atoms with Crippen molar-refractivity contribution in [2.24, 2.45) is 0 Å². The fourth-order valence-electron chi connectivity index (χ4n) is 3.54. The van der Waals surface area contributed by atoms with E-state index in [1.165, 1.54) is 0 Å². The van der Waals surface area contributed by atoms with E-state index in [9.17, 15) is 4.79 Å². The second-order valence-corrected chi connectivity index (χ2v) is 6.58.